The molecule has 0 heterocycles. The van der Waals surface area contributed by atoms with Gasteiger partial charge in [0.1, 0.15) is 6.34 Å². The number of aliphatic imine (C=N–C) groups is 1. The van der Waals surface area contributed by atoms with E-state index in [0.717, 1.165) is 0 Å². The molecule has 2 aromatic rings. The van der Waals surface area contributed by atoms with Gasteiger partial charge in [0.2, 0.25) is 0 Å². The monoisotopic (exact) mass is 312 g/mol. The smallest absolute Gasteiger partial charge is 0.307 e. The molecule has 2 aromatic carbocycles. The van der Waals surface area contributed by atoms with E-state index in [-0.39, 0.29) is 12.3 Å². The summed E-state index contributed by atoms with van der Waals surface area (Å²) in [5, 5.41) is 11.5. The molecule has 7 nitrogen and oxygen atoms in total. The number of hydrazine groups is 1. The number of hydrogen-bond acceptors (Lipinski definition) is 4. The minimum absolute atomic E-state index is 0.0972. The third kappa shape index (κ3) is 4.94. The molecule has 0 spiro atoms. The van der Waals surface area contributed by atoms with Crippen LogP contribution in [0.4, 0.5) is 11.4 Å². The summed E-state index contributed by atoms with van der Waals surface area (Å²) in [5.74, 6) is 3.87. The third-order valence-electron chi connectivity index (χ3n) is 2.94. The van der Waals surface area contributed by atoms with Gasteiger partial charge >= 0.3 is 5.97 Å². The molecule has 0 aliphatic heterocycles. The molecule has 7 heteroatoms. The second-order valence-electron chi connectivity index (χ2n) is 4.70. The summed E-state index contributed by atoms with van der Waals surface area (Å²) in [7, 11) is 0. The van der Waals surface area contributed by atoms with Gasteiger partial charge in [0, 0.05) is 11.3 Å². The van der Waals surface area contributed by atoms with E-state index >= 15 is 0 Å². The quantitative estimate of drug-likeness (QED) is 0.280. The Bertz CT molecular complexity index is 744. The maximum Gasteiger partial charge on any atom is 0.307 e. The highest BCUT2D eigenvalue weighted by Crippen LogP contribution is 2.16. The fourth-order valence-corrected chi connectivity index (χ4v) is 1.98. The number of carboxylic acid groups (broad SMARTS) is 1. The molecule has 0 fully saturated rings. The van der Waals surface area contributed by atoms with E-state index in [4.69, 9.17) is 10.9 Å². The zero-order chi connectivity index (χ0) is 16.7. The Labute approximate surface area is 132 Å². The summed E-state index contributed by atoms with van der Waals surface area (Å²) < 4.78 is 0. The number of rotatable bonds is 6. The minimum Gasteiger partial charge on any atom is -0.481 e. The lowest BCUT2D eigenvalue weighted by Gasteiger charge is -2.07. The van der Waals surface area contributed by atoms with Crippen molar-refractivity contribution in [3.05, 3.63) is 59.7 Å². The molecule has 0 saturated heterocycles. The third-order valence-corrected chi connectivity index (χ3v) is 2.94. The Hall–Kier alpha value is -3.19. The van der Waals surface area contributed by atoms with Crippen molar-refractivity contribution in [2.45, 2.75) is 6.42 Å². The Morgan fingerprint density at radius 1 is 1.17 bits per heavy atom. The number of nitrogens with two attached hydrogens (primary N) is 1. The molecule has 0 aliphatic carbocycles. The Morgan fingerprint density at radius 3 is 2.70 bits per heavy atom. The van der Waals surface area contributed by atoms with Gasteiger partial charge in [-0.3, -0.25) is 9.59 Å². The number of carbonyl (C=O) groups is 2. The van der Waals surface area contributed by atoms with Crippen molar-refractivity contribution >= 4 is 29.6 Å². The van der Waals surface area contributed by atoms with Gasteiger partial charge in [-0.1, -0.05) is 18.2 Å². The van der Waals surface area contributed by atoms with Crippen LogP contribution in [-0.4, -0.2) is 23.3 Å². The number of aliphatic carboxylic acids is 1. The second-order valence-corrected chi connectivity index (χ2v) is 4.70. The van der Waals surface area contributed by atoms with E-state index in [2.05, 4.69) is 15.7 Å². The molecule has 0 aromatic heterocycles. The van der Waals surface area contributed by atoms with E-state index in [0.29, 0.717) is 22.5 Å². The highest BCUT2D eigenvalue weighted by molar-refractivity contribution is 6.04. The van der Waals surface area contributed by atoms with Crippen LogP contribution < -0.4 is 16.6 Å². The predicted molar refractivity (Wildman–Crippen MR) is 87.7 cm³/mol. The van der Waals surface area contributed by atoms with Gasteiger partial charge in [0.25, 0.3) is 5.91 Å². The number of anilines is 1. The highest BCUT2D eigenvalue weighted by atomic mass is 16.4. The number of nitrogens with zero attached hydrogens (tertiary/aromatic N) is 1. The predicted octanol–water partition coefficient (Wildman–Crippen LogP) is 1.69. The SMILES string of the molecule is NNC=Nc1cccc(C(=O)Nc2cccc(CC(=O)O)c2)c1. The topological polar surface area (TPSA) is 117 Å². The second kappa shape index (κ2) is 7.71. The molecule has 5 N–H and O–H groups in total. The van der Waals surface area contributed by atoms with Crippen LogP contribution in [0.25, 0.3) is 0 Å². The van der Waals surface area contributed by atoms with Crippen molar-refractivity contribution in [3.8, 4) is 0 Å². The van der Waals surface area contributed by atoms with Gasteiger partial charge < -0.3 is 15.8 Å². The molecule has 0 bridgehead atoms. The van der Waals surface area contributed by atoms with Crippen LogP contribution in [-0.2, 0) is 11.2 Å². The molecule has 0 aliphatic rings. The summed E-state index contributed by atoms with van der Waals surface area (Å²) in [4.78, 5) is 27.0. The number of carbonyl (C=O) groups excluding carboxylic acids is 1. The van der Waals surface area contributed by atoms with E-state index in [1.165, 1.54) is 6.34 Å². The van der Waals surface area contributed by atoms with E-state index < -0.39 is 5.97 Å². The van der Waals surface area contributed by atoms with Crippen LogP contribution in [0.1, 0.15) is 15.9 Å². The first kappa shape index (κ1) is 16.2. The van der Waals surface area contributed by atoms with Gasteiger partial charge in [-0.05, 0) is 35.9 Å². The first-order valence-corrected chi connectivity index (χ1v) is 6.79. The maximum absolute atomic E-state index is 12.3. The lowest BCUT2D eigenvalue weighted by molar-refractivity contribution is -0.136. The number of hydrogen-bond donors (Lipinski definition) is 4. The lowest BCUT2D eigenvalue weighted by atomic mass is 10.1. The van der Waals surface area contributed by atoms with E-state index in [1.54, 1.807) is 48.5 Å². The average Bonchev–Trinajstić information content (AvgIpc) is 2.53. The van der Waals surface area contributed by atoms with Crippen LogP contribution >= 0.6 is 0 Å². The Morgan fingerprint density at radius 2 is 1.96 bits per heavy atom. The first-order valence-electron chi connectivity index (χ1n) is 6.79. The zero-order valence-corrected chi connectivity index (χ0v) is 12.2. The van der Waals surface area contributed by atoms with Gasteiger partial charge in [-0.15, -0.1) is 0 Å². The minimum atomic E-state index is -0.924. The van der Waals surface area contributed by atoms with Gasteiger partial charge in [-0.2, -0.15) is 0 Å². The van der Waals surface area contributed by atoms with Crippen LogP contribution in [0, 0.1) is 0 Å². The summed E-state index contributed by atoms with van der Waals surface area (Å²) in [6, 6.07) is 13.4. The summed E-state index contributed by atoms with van der Waals surface area (Å²) in [5.41, 5.74) is 4.44. The number of amides is 1. The molecule has 118 valence electrons. The maximum atomic E-state index is 12.3. The van der Waals surface area contributed by atoms with E-state index in [1.807, 2.05) is 0 Å². The van der Waals surface area contributed by atoms with Crippen LogP contribution in [0.15, 0.2) is 53.5 Å². The van der Waals surface area contributed by atoms with Crippen molar-refractivity contribution in [1.82, 2.24) is 5.43 Å². The molecule has 1 amide bonds. The van der Waals surface area contributed by atoms with Gasteiger partial charge in [0.05, 0.1) is 12.1 Å². The zero-order valence-electron chi connectivity index (χ0n) is 12.2. The average molecular weight is 312 g/mol. The molecule has 0 saturated carbocycles. The Kier molecular flexibility index (Phi) is 5.43. The molecular formula is C16H16N4O3. The molecular weight excluding hydrogens is 296 g/mol. The molecule has 23 heavy (non-hydrogen) atoms. The van der Waals surface area contributed by atoms with Gasteiger partial charge in [0.15, 0.2) is 0 Å². The fraction of sp³-hybridized carbons (Fsp3) is 0.0625. The van der Waals surface area contributed by atoms with Crippen molar-refractivity contribution in [2.75, 3.05) is 5.32 Å². The van der Waals surface area contributed by atoms with Crippen molar-refractivity contribution in [2.24, 2.45) is 10.8 Å². The van der Waals surface area contributed by atoms with Crippen molar-refractivity contribution in [1.29, 1.82) is 0 Å². The largest absolute Gasteiger partial charge is 0.481 e. The van der Waals surface area contributed by atoms with Crippen LogP contribution in [0.3, 0.4) is 0 Å². The summed E-state index contributed by atoms with van der Waals surface area (Å²) >= 11 is 0. The first-order chi connectivity index (χ1) is 11.1. The number of benzene rings is 2. The normalized spacial score (nSPS) is 10.5. The fourth-order valence-electron chi connectivity index (χ4n) is 1.98. The summed E-state index contributed by atoms with van der Waals surface area (Å²) in [6.07, 6.45) is 1.21. The summed E-state index contributed by atoms with van der Waals surface area (Å²) in [6.45, 7) is 0. The molecule has 0 atom stereocenters. The Balaban J connectivity index is 2.12. The molecule has 2 rings (SSSR count). The van der Waals surface area contributed by atoms with Crippen LogP contribution in [0.5, 0.6) is 0 Å². The lowest BCUT2D eigenvalue weighted by Crippen LogP contribution is -2.18. The number of nitrogens with one attached hydrogen (secondary N) is 2. The van der Waals surface area contributed by atoms with Crippen LogP contribution in [0.2, 0.25) is 0 Å². The molecule has 0 radical (unpaired) electrons. The van der Waals surface area contributed by atoms with E-state index in [9.17, 15) is 9.59 Å². The van der Waals surface area contributed by atoms with Crippen molar-refractivity contribution < 1.29 is 14.7 Å². The number of carboxylic acids is 1. The highest BCUT2D eigenvalue weighted by Gasteiger charge is 2.08. The molecule has 0 unspecified atom stereocenters. The van der Waals surface area contributed by atoms with Crippen molar-refractivity contribution in [3.63, 3.8) is 0 Å². The standard InChI is InChI=1S/C16H16N4O3/c17-19-10-18-13-5-2-4-12(9-13)16(23)20-14-6-1-3-11(7-14)8-15(21)22/h1-7,9-10H,8,17H2,(H,18,19)(H,20,23)(H,21,22). The van der Waals surface area contributed by atoms with Gasteiger partial charge in [-0.25, -0.2) is 10.8 Å².